The van der Waals surface area contributed by atoms with Gasteiger partial charge in [0, 0.05) is 45.1 Å². The van der Waals surface area contributed by atoms with E-state index < -0.39 is 5.54 Å². The molecule has 3 heterocycles. The summed E-state index contributed by atoms with van der Waals surface area (Å²) in [6.07, 6.45) is 6.11. The maximum Gasteiger partial charge on any atom is 0.327 e. The second-order valence-electron chi connectivity index (χ2n) is 8.56. The smallest absolute Gasteiger partial charge is 0.327 e. The van der Waals surface area contributed by atoms with Crippen molar-refractivity contribution in [3.63, 3.8) is 0 Å². The zero-order chi connectivity index (χ0) is 22.0. The van der Waals surface area contributed by atoms with Gasteiger partial charge in [-0.2, -0.15) is 5.10 Å². The number of hydrogen-bond acceptors (Lipinski definition) is 5. The van der Waals surface area contributed by atoms with E-state index in [2.05, 4.69) is 16.9 Å². The maximum atomic E-state index is 13.4. The van der Waals surface area contributed by atoms with Crippen molar-refractivity contribution in [2.45, 2.75) is 50.9 Å². The molecule has 2 saturated heterocycles. The van der Waals surface area contributed by atoms with E-state index in [4.69, 9.17) is 4.74 Å². The Morgan fingerprint density at radius 3 is 2.48 bits per heavy atom. The van der Waals surface area contributed by atoms with E-state index in [0.29, 0.717) is 18.9 Å². The molecule has 0 bridgehead atoms. The maximum absolute atomic E-state index is 13.4. The second kappa shape index (κ2) is 8.70. The predicted molar refractivity (Wildman–Crippen MR) is 117 cm³/mol. The molecule has 8 nitrogen and oxygen atoms in total. The lowest BCUT2D eigenvalue weighted by Crippen LogP contribution is -2.56. The highest BCUT2D eigenvalue weighted by Gasteiger charge is 2.56. The van der Waals surface area contributed by atoms with Crippen molar-refractivity contribution in [1.29, 1.82) is 0 Å². The molecule has 1 spiro atoms. The van der Waals surface area contributed by atoms with Gasteiger partial charge in [0.15, 0.2) is 0 Å². The number of imide groups is 1. The third-order valence-electron chi connectivity index (χ3n) is 6.89. The van der Waals surface area contributed by atoms with E-state index >= 15 is 0 Å². The van der Waals surface area contributed by atoms with E-state index in [-0.39, 0.29) is 18.5 Å². The van der Waals surface area contributed by atoms with Crippen LogP contribution in [0.3, 0.4) is 0 Å². The Morgan fingerprint density at radius 2 is 1.87 bits per heavy atom. The predicted octanol–water partition coefficient (Wildman–Crippen LogP) is 2.60. The number of ether oxygens (including phenoxy) is 1. The number of aryl methyl sites for hydroxylation is 1. The second-order valence-corrected chi connectivity index (χ2v) is 8.56. The van der Waals surface area contributed by atoms with Gasteiger partial charge in [0.2, 0.25) is 0 Å². The average molecular weight is 426 g/mol. The Labute approximate surface area is 183 Å². The normalized spacial score (nSPS) is 20.0. The first-order valence-corrected chi connectivity index (χ1v) is 10.9. The molecule has 31 heavy (non-hydrogen) atoms. The van der Waals surface area contributed by atoms with Crippen molar-refractivity contribution < 1.29 is 14.3 Å². The number of methoxy groups -OCH3 is 1. The molecule has 3 amide bonds. The topological polar surface area (TPSA) is 70.9 Å². The molecule has 1 aromatic heterocycles. The molecule has 1 atom stereocenters. The summed E-state index contributed by atoms with van der Waals surface area (Å²) >= 11 is 0. The molecule has 2 aliphatic rings. The van der Waals surface area contributed by atoms with Gasteiger partial charge in [0.05, 0.1) is 13.7 Å². The van der Waals surface area contributed by atoms with Crippen LogP contribution >= 0.6 is 0 Å². The standard InChI is InChI=1S/C23H31N5O3/c1-18(9-14-27-13-4-12-24-27)26-15-10-23(11-16-26)21(29)28(22(30)25(23)2)17-19-5-7-20(31-3)8-6-19/h4-8,12-13,18H,9-11,14-17H2,1-3H3/t18-/m0/s1. The van der Waals surface area contributed by atoms with Crippen molar-refractivity contribution in [2.24, 2.45) is 0 Å². The minimum absolute atomic E-state index is 0.0698. The Hall–Kier alpha value is -2.87. The molecule has 0 saturated carbocycles. The lowest BCUT2D eigenvalue weighted by Gasteiger charge is -2.43. The van der Waals surface area contributed by atoms with Crippen LogP contribution in [0.5, 0.6) is 5.75 Å². The molecular formula is C23H31N5O3. The number of likely N-dealkylation sites (N-methyl/N-ethyl adjacent to an activating group) is 1. The van der Waals surface area contributed by atoms with Gasteiger partial charge in [-0.25, -0.2) is 4.79 Å². The summed E-state index contributed by atoms with van der Waals surface area (Å²) in [5.41, 5.74) is 0.194. The first-order chi connectivity index (χ1) is 14.9. The van der Waals surface area contributed by atoms with Gasteiger partial charge < -0.3 is 14.5 Å². The van der Waals surface area contributed by atoms with Crippen LogP contribution in [0.25, 0.3) is 0 Å². The van der Waals surface area contributed by atoms with E-state index in [1.807, 2.05) is 41.2 Å². The number of hydrogen-bond donors (Lipinski definition) is 0. The average Bonchev–Trinajstić information content (AvgIpc) is 3.38. The number of rotatable bonds is 7. The molecule has 8 heteroatoms. The first kappa shape index (κ1) is 21.4. The van der Waals surface area contributed by atoms with Crippen LogP contribution in [0, 0.1) is 0 Å². The van der Waals surface area contributed by atoms with Crippen LogP contribution in [0.2, 0.25) is 0 Å². The molecule has 2 fully saturated rings. The lowest BCUT2D eigenvalue weighted by molar-refractivity contribution is -0.135. The molecule has 0 radical (unpaired) electrons. The molecule has 166 valence electrons. The molecule has 0 aliphatic carbocycles. The summed E-state index contributed by atoms with van der Waals surface area (Å²) in [4.78, 5) is 31.8. The fraction of sp³-hybridized carbons (Fsp3) is 0.522. The zero-order valence-electron chi connectivity index (χ0n) is 18.5. The van der Waals surface area contributed by atoms with Crippen LogP contribution < -0.4 is 4.74 Å². The summed E-state index contributed by atoms with van der Waals surface area (Å²) in [7, 11) is 3.39. The fourth-order valence-electron chi connectivity index (χ4n) is 4.72. The molecule has 0 N–H and O–H groups in total. The number of piperidine rings is 1. The monoisotopic (exact) mass is 425 g/mol. The van der Waals surface area contributed by atoms with Crippen LogP contribution in [0.4, 0.5) is 4.79 Å². The first-order valence-electron chi connectivity index (χ1n) is 10.9. The van der Waals surface area contributed by atoms with Gasteiger partial charge >= 0.3 is 6.03 Å². The van der Waals surface area contributed by atoms with Gasteiger partial charge in [0.1, 0.15) is 11.3 Å². The van der Waals surface area contributed by atoms with Gasteiger partial charge in [-0.05, 0) is 49.9 Å². The number of benzene rings is 1. The number of carbonyl (C=O) groups is 2. The summed E-state index contributed by atoms with van der Waals surface area (Å²) in [6, 6.07) is 9.62. The van der Waals surface area contributed by atoms with Crippen molar-refractivity contribution in [2.75, 3.05) is 27.2 Å². The molecule has 2 aromatic rings. The molecule has 1 aromatic carbocycles. The van der Waals surface area contributed by atoms with Crippen LogP contribution in [-0.4, -0.2) is 75.2 Å². The Balaban J connectivity index is 1.38. The number of nitrogens with zero attached hydrogens (tertiary/aromatic N) is 5. The Bertz CT molecular complexity index is 904. The Morgan fingerprint density at radius 1 is 1.16 bits per heavy atom. The van der Waals surface area contributed by atoms with E-state index in [9.17, 15) is 9.59 Å². The van der Waals surface area contributed by atoms with Crippen LogP contribution in [0.1, 0.15) is 31.7 Å². The third kappa shape index (κ3) is 4.04. The van der Waals surface area contributed by atoms with Crippen molar-refractivity contribution in [3.8, 4) is 5.75 Å². The minimum atomic E-state index is -0.720. The Kier molecular flexibility index (Phi) is 6.00. The van der Waals surface area contributed by atoms with Crippen LogP contribution in [0.15, 0.2) is 42.7 Å². The number of carbonyl (C=O) groups excluding carboxylic acids is 2. The van der Waals surface area contributed by atoms with Crippen molar-refractivity contribution in [1.82, 2.24) is 24.5 Å². The summed E-state index contributed by atoms with van der Waals surface area (Å²) in [5.74, 6) is 0.685. The largest absolute Gasteiger partial charge is 0.497 e. The van der Waals surface area contributed by atoms with E-state index in [1.54, 1.807) is 25.3 Å². The van der Waals surface area contributed by atoms with E-state index in [1.165, 1.54) is 4.90 Å². The SMILES string of the molecule is COc1ccc(CN2C(=O)N(C)C3(CCN([C@@H](C)CCn4cccn4)CC3)C2=O)cc1. The number of urea groups is 1. The summed E-state index contributed by atoms with van der Waals surface area (Å²) < 4.78 is 7.14. The molecule has 4 rings (SSSR count). The summed E-state index contributed by atoms with van der Waals surface area (Å²) in [5, 5.41) is 4.27. The summed E-state index contributed by atoms with van der Waals surface area (Å²) in [6.45, 7) is 5.00. The lowest BCUT2D eigenvalue weighted by atomic mass is 9.85. The van der Waals surface area contributed by atoms with Gasteiger partial charge in [-0.1, -0.05) is 12.1 Å². The fourth-order valence-corrected chi connectivity index (χ4v) is 4.72. The minimum Gasteiger partial charge on any atom is -0.497 e. The van der Waals surface area contributed by atoms with Crippen LogP contribution in [-0.2, 0) is 17.9 Å². The quantitative estimate of drug-likeness (QED) is 0.638. The molecule has 0 unspecified atom stereocenters. The highest BCUT2D eigenvalue weighted by Crippen LogP contribution is 2.37. The highest BCUT2D eigenvalue weighted by molar-refractivity contribution is 6.06. The molecule has 2 aliphatic heterocycles. The number of aromatic nitrogens is 2. The van der Waals surface area contributed by atoms with Gasteiger partial charge in [0.25, 0.3) is 5.91 Å². The van der Waals surface area contributed by atoms with Gasteiger partial charge in [-0.3, -0.25) is 14.4 Å². The third-order valence-corrected chi connectivity index (χ3v) is 6.89. The number of likely N-dealkylation sites (tertiary alicyclic amines) is 1. The van der Waals surface area contributed by atoms with Crippen molar-refractivity contribution in [3.05, 3.63) is 48.3 Å². The van der Waals surface area contributed by atoms with Gasteiger partial charge in [-0.15, -0.1) is 0 Å². The zero-order valence-corrected chi connectivity index (χ0v) is 18.5. The molecular weight excluding hydrogens is 394 g/mol. The van der Waals surface area contributed by atoms with Crippen molar-refractivity contribution >= 4 is 11.9 Å². The van der Waals surface area contributed by atoms with E-state index in [0.717, 1.165) is 37.4 Å². The highest BCUT2D eigenvalue weighted by atomic mass is 16.5. The number of amides is 3.